The van der Waals surface area contributed by atoms with Gasteiger partial charge in [0.25, 0.3) is 0 Å². The predicted octanol–water partition coefficient (Wildman–Crippen LogP) is 3.55. The van der Waals surface area contributed by atoms with Crippen LogP contribution in [0.5, 0.6) is 0 Å². The number of halogens is 1. The van der Waals surface area contributed by atoms with E-state index in [1.165, 1.54) is 19.3 Å². The molecule has 2 N–H and O–H groups in total. The summed E-state index contributed by atoms with van der Waals surface area (Å²) in [6, 6.07) is 7.97. The van der Waals surface area contributed by atoms with Crippen molar-refractivity contribution in [3.8, 4) is 11.5 Å². The Morgan fingerprint density at radius 1 is 1.30 bits per heavy atom. The van der Waals surface area contributed by atoms with Crippen molar-refractivity contribution in [3.63, 3.8) is 0 Å². The van der Waals surface area contributed by atoms with E-state index >= 15 is 0 Å². The molecule has 0 radical (unpaired) electrons. The van der Waals surface area contributed by atoms with Crippen LogP contribution in [0.15, 0.2) is 34.9 Å². The first-order chi connectivity index (χ1) is 11.2. The first-order valence-corrected chi connectivity index (χ1v) is 8.75. The van der Waals surface area contributed by atoms with Gasteiger partial charge >= 0.3 is 0 Å². The van der Waals surface area contributed by atoms with E-state index in [4.69, 9.17) is 21.8 Å². The maximum absolute atomic E-state index is 6.30. The number of rotatable bonds is 3. The molecule has 3 atom stereocenters. The highest BCUT2D eigenvalue weighted by Gasteiger charge is 2.38. The van der Waals surface area contributed by atoms with Gasteiger partial charge in [-0.25, -0.2) is 4.98 Å². The number of hydrogen-bond donors (Lipinski definition) is 1. The maximum Gasteiger partial charge on any atom is 0.226 e. The number of nitrogens with zero attached hydrogens (tertiary/aromatic N) is 2. The lowest BCUT2D eigenvalue weighted by molar-refractivity contribution is 0.259. The zero-order chi connectivity index (χ0) is 15.8. The summed E-state index contributed by atoms with van der Waals surface area (Å²) < 4.78 is 5.63. The Hall–Kier alpha value is -1.36. The molecule has 0 amide bonds. The van der Waals surface area contributed by atoms with Gasteiger partial charge in [0, 0.05) is 36.3 Å². The lowest BCUT2D eigenvalue weighted by Gasteiger charge is -2.29. The molecule has 1 saturated carbocycles. The topological polar surface area (TPSA) is 55.3 Å². The summed E-state index contributed by atoms with van der Waals surface area (Å²) in [7, 11) is 0. The summed E-state index contributed by atoms with van der Waals surface area (Å²) in [5, 5.41) is 0.694. The smallest absolute Gasteiger partial charge is 0.226 e. The van der Waals surface area contributed by atoms with Gasteiger partial charge in [0.05, 0.1) is 5.69 Å². The Kier molecular flexibility index (Phi) is 4.14. The Bertz CT molecular complexity index is 686. The lowest BCUT2D eigenvalue weighted by Crippen LogP contribution is -2.38. The molecule has 2 aliphatic rings. The number of likely N-dealkylation sites (tertiary alicyclic amines) is 1. The zero-order valence-electron chi connectivity index (χ0n) is 13.1. The summed E-state index contributed by atoms with van der Waals surface area (Å²) in [6.07, 6.45) is 5.54. The van der Waals surface area contributed by atoms with Crippen LogP contribution in [0.3, 0.4) is 0 Å². The Morgan fingerprint density at radius 2 is 2.22 bits per heavy atom. The third-order valence-electron chi connectivity index (χ3n) is 5.24. The molecule has 1 aromatic carbocycles. The second kappa shape index (κ2) is 6.27. The van der Waals surface area contributed by atoms with Gasteiger partial charge in [-0.1, -0.05) is 24.1 Å². The van der Waals surface area contributed by atoms with Crippen LogP contribution in [-0.4, -0.2) is 29.0 Å². The maximum atomic E-state index is 6.30. The quantitative estimate of drug-likeness (QED) is 0.934. The van der Waals surface area contributed by atoms with E-state index in [1.54, 1.807) is 6.26 Å². The second-order valence-electron chi connectivity index (χ2n) is 6.87. The average molecular weight is 332 g/mol. The third kappa shape index (κ3) is 3.16. The van der Waals surface area contributed by atoms with Gasteiger partial charge in [0.1, 0.15) is 6.26 Å². The first kappa shape index (κ1) is 15.2. The van der Waals surface area contributed by atoms with Crippen LogP contribution in [0.1, 0.15) is 25.0 Å². The molecule has 1 saturated heterocycles. The van der Waals surface area contributed by atoms with E-state index in [9.17, 15) is 0 Å². The number of nitrogens with two attached hydrogens (primary N) is 1. The van der Waals surface area contributed by atoms with Gasteiger partial charge in [-0.15, -0.1) is 0 Å². The third-order valence-corrected chi connectivity index (χ3v) is 5.47. The number of hydrogen-bond acceptors (Lipinski definition) is 4. The highest BCUT2D eigenvalue weighted by molar-refractivity contribution is 6.30. The number of benzene rings is 1. The van der Waals surface area contributed by atoms with Crippen LogP contribution in [0.4, 0.5) is 0 Å². The average Bonchev–Trinajstić information content (AvgIpc) is 3.15. The first-order valence-electron chi connectivity index (χ1n) is 8.37. The monoisotopic (exact) mass is 331 g/mol. The van der Waals surface area contributed by atoms with Gasteiger partial charge in [0.2, 0.25) is 5.89 Å². The van der Waals surface area contributed by atoms with Gasteiger partial charge in [0.15, 0.2) is 0 Å². The Labute approximate surface area is 141 Å². The number of oxazole rings is 1. The molecule has 2 aromatic rings. The van der Waals surface area contributed by atoms with Crippen molar-refractivity contribution >= 4 is 11.6 Å². The fourth-order valence-electron chi connectivity index (χ4n) is 4.10. The molecule has 5 heteroatoms. The van der Waals surface area contributed by atoms with Crippen molar-refractivity contribution in [1.82, 2.24) is 9.88 Å². The van der Waals surface area contributed by atoms with Crippen LogP contribution in [-0.2, 0) is 6.54 Å². The number of aromatic nitrogens is 1. The van der Waals surface area contributed by atoms with Crippen molar-refractivity contribution < 1.29 is 4.42 Å². The van der Waals surface area contributed by atoms with Crippen molar-refractivity contribution in [2.45, 2.75) is 31.8 Å². The minimum absolute atomic E-state index is 0.373. The molecule has 3 unspecified atom stereocenters. The normalized spacial score (nSPS) is 28.0. The molecule has 0 spiro atoms. The summed E-state index contributed by atoms with van der Waals surface area (Å²) in [6.45, 7) is 3.06. The van der Waals surface area contributed by atoms with Crippen molar-refractivity contribution in [1.29, 1.82) is 0 Å². The van der Waals surface area contributed by atoms with Crippen molar-refractivity contribution in [2.24, 2.45) is 17.6 Å². The highest BCUT2D eigenvalue weighted by atomic mass is 35.5. The number of fused-ring (bicyclic) bond motifs is 1. The van der Waals surface area contributed by atoms with Crippen molar-refractivity contribution in [3.05, 3.63) is 41.2 Å². The molecule has 1 aliphatic heterocycles. The lowest BCUT2D eigenvalue weighted by atomic mass is 9.78. The fraction of sp³-hybridized carbons (Fsp3) is 0.500. The van der Waals surface area contributed by atoms with E-state index in [1.807, 2.05) is 24.3 Å². The summed E-state index contributed by atoms with van der Waals surface area (Å²) in [5.41, 5.74) is 8.19. The van der Waals surface area contributed by atoms with E-state index in [-0.39, 0.29) is 0 Å². The van der Waals surface area contributed by atoms with Gasteiger partial charge in [-0.2, -0.15) is 0 Å². The molecule has 122 valence electrons. The minimum Gasteiger partial charge on any atom is -0.444 e. The summed E-state index contributed by atoms with van der Waals surface area (Å²) in [4.78, 5) is 7.10. The van der Waals surface area contributed by atoms with Crippen LogP contribution in [0.25, 0.3) is 11.5 Å². The van der Waals surface area contributed by atoms with Crippen LogP contribution in [0.2, 0.25) is 5.02 Å². The van der Waals surface area contributed by atoms with E-state index in [0.717, 1.165) is 36.8 Å². The van der Waals surface area contributed by atoms with Crippen LogP contribution >= 0.6 is 11.6 Å². The minimum atomic E-state index is 0.373. The zero-order valence-corrected chi connectivity index (χ0v) is 13.9. The highest BCUT2D eigenvalue weighted by Crippen LogP contribution is 2.36. The van der Waals surface area contributed by atoms with Gasteiger partial charge in [-0.3, -0.25) is 4.90 Å². The largest absolute Gasteiger partial charge is 0.444 e. The SMILES string of the molecule is NC1CCCC2CN(Cc3coc(-c4cccc(Cl)c4)n3)CC12. The molecule has 0 bridgehead atoms. The molecule has 4 rings (SSSR count). The van der Waals surface area contributed by atoms with E-state index < -0.39 is 0 Å². The van der Waals surface area contributed by atoms with Crippen LogP contribution in [0, 0.1) is 11.8 Å². The second-order valence-corrected chi connectivity index (χ2v) is 7.30. The fourth-order valence-corrected chi connectivity index (χ4v) is 4.29. The van der Waals surface area contributed by atoms with E-state index in [0.29, 0.717) is 22.9 Å². The molecule has 23 heavy (non-hydrogen) atoms. The molecule has 1 aromatic heterocycles. The standard InChI is InChI=1S/C18H22ClN3O/c19-14-5-1-3-12(7-14)18-21-15(11-23-18)9-22-8-13-4-2-6-17(20)16(13)10-22/h1,3,5,7,11,13,16-17H,2,4,6,8-10,20H2. The van der Waals surface area contributed by atoms with Gasteiger partial charge in [-0.05, 0) is 42.9 Å². The van der Waals surface area contributed by atoms with E-state index in [2.05, 4.69) is 9.88 Å². The van der Waals surface area contributed by atoms with Gasteiger partial charge < -0.3 is 10.2 Å². The van der Waals surface area contributed by atoms with Crippen LogP contribution < -0.4 is 5.73 Å². The molecular formula is C18H22ClN3O. The van der Waals surface area contributed by atoms with Crippen molar-refractivity contribution in [2.75, 3.05) is 13.1 Å². The molecule has 1 aliphatic carbocycles. The summed E-state index contributed by atoms with van der Waals surface area (Å²) in [5.74, 6) is 2.05. The Balaban J connectivity index is 1.44. The molecule has 2 heterocycles. The Morgan fingerprint density at radius 3 is 3.04 bits per heavy atom. The molecule has 2 fully saturated rings. The summed E-state index contributed by atoms with van der Waals surface area (Å²) >= 11 is 6.03. The molecule has 4 nitrogen and oxygen atoms in total. The predicted molar refractivity (Wildman–Crippen MR) is 91.0 cm³/mol. The molecular weight excluding hydrogens is 310 g/mol.